The summed E-state index contributed by atoms with van der Waals surface area (Å²) >= 11 is 5.91. The molecular formula is C14H20ClN3. The molecule has 0 spiro atoms. The highest BCUT2D eigenvalue weighted by Gasteiger charge is 2.43. The number of guanidine groups is 1. The van der Waals surface area contributed by atoms with Gasteiger partial charge in [0.2, 0.25) is 0 Å². The van der Waals surface area contributed by atoms with Crippen molar-refractivity contribution < 1.29 is 0 Å². The van der Waals surface area contributed by atoms with Crippen LogP contribution in [0.4, 0.5) is 0 Å². The molecule has 1 fully saturated rings. The van der Waals surface area contributed by atoms with Crippen LogP contribution in [0, 0.1) is 0 Å². The normalized spacial score (nSPS) is 17.6. The first-order valence-corrected chi connectivity index (χ1v) is 6.84. The number of hydrogen-bond acceptors (Lipinski definition) is 1. The van der Waals surface area contributed by atoms with Crippen LogP contribution in [0.15, 0.2) is 29.3 Å². The molecule has 0 aliphatic heterocycles. The fourth-order valence-electron chi connectivity index (χ4n) is 2.04. The number of nitrogens with one attached hydrogen (secondary N) is 1. The van der Waals surface area contributed by atoms with E-state index in [-0.39, 0.29) is 5.41 Å². The second-order valence-corrected chi connectivity index (χ2v) is 5.35. The van der Waals surface area contributed by atoms with E-state index < -0.39 is 0 Å². The minimum atomic E-state index is 0.198. The molecule has 0 heterocycles. The van der Waals surface area contributed by atoms with Crippen molar-refractivity contribution in [1.82, 2.24) is 5.32 Å². The van der Waals surface area contributed by atoms with Gasteiger partial charge in [-0.2, -0.15) is 0 Å². The number of nitrogens with two attached hydrogens (primary N) is 1. The largest absolute Gasteiger partial charge is 0.370 e. The Kier molecular flexibility index (Phi) is 4.12. The van der Waals surface area contributed by atoms with Crippen molar-refractivity contribution in [2.45, 2.75) is 31.6 Å². The molecule has 1 aromatic carbocycles. The van der Waals surface area contributed by atoms with Crippen molar-refractivity contribution in [3.05, 3.63) is 34.9 Å². The highest BCUT2D eigenvalue weighted by Crippen LogP contribution is 2.48. The van der Waals surface area contributed by atoms with Crippen LogP contribution < -0.4 is 11.1 Å². The molecule has 1 aliphatic rings. The van der Waals surface area contributed by atoms with E-state index >= 15 is 0 Å². The van der Waals surface area contributed by atoms with Gasteiger partial charge in [-0.15, -0.1) is 0 Å². The lowest BCUT2D eigenvalue weighted by Crippen LogP contribution is -2.33. The van der Waals surface area contributed by atoms with Gasteiger partial charge >= 0.3 is 0 Å². The molecule has 0 aromatic heterocycles. The molecule has 1 aliphatic carbocycles. The molecule has 1 aromatic rings. The maximum Gasteiger partial charge on any atom is 0.188 e. The van der Waals surface area contributed by atoms with Crippen LogP contribution in [0.3, 0.4) is 0 Å². The highest BCUT2D eigenvalue weighted by atomic mass is 35.5. The summed E-state index contributed by atoms with van der Waals surface area (Å²) in [7, 11) is 0. The van der Waals surface area contributed by atoms with Crippen LogP contribution in [0.2, 0.25) is 5.02 Å². The maximum absolute atomic E-state index is 5.91. The van der Waals surface area contributed by atoms with Gasteiger partial charge in [0.05, 0.1) is 6.54 Å². The Morgan fingerprint density at radius 3 is 2.61 bits per heavy atom. The lowest BCUT2D eigenvalue weighted by Gasteiger charge is -2.13. The van der Waals surface area contributed by atoms with E-state index in [0.29, 0.717) is 5.96 Å². The second-order valence-electron chi connectivity index (χ2n) is 4.92. The van der Waals surface area contributed by atoms with E-state index in [2.05, 4.69) is 29.4 Å². The molecule has 0 atom stereocenters. The van der Waals surface area contributed by atoms with E-state index in [1.54, 1.807) is 0 Å². The molecule has 98 valence electrons. The molecule has 0 saturated heterocycles. The van der Waals surface area contributed by atoms with Gasteiger partial charge in [-0.1, -0.05) is 30.7 Å². The number of rotatable bonds is 5. The van der Waals surface area contributed by atoms with Crippen LogP contribution in [0.25, 0.3) is 0 Å². The average molecular weight is 266 g/mol. The third-order valence-corrected chi connectivity index (χ3v) is 3.67. The molecule has 0 bridgehead atoms. The minimum absolute atomic E-state index is 0.198. The molecule has 1 saturated carbocycles. The van der Waals surface area contributed by atoms with Gasteiger partial charge in [0.15, 0.2) is 5.96 Å². The van der Waals surface area contributed by atoms with Gasteiger partial charge in [0.25, 0.3) is 0 Å². The monoisotopic (exact) mass is 265 g/mol. The van der Waals surface area contributed by atoms with Crippen LogP contribution in [0.1, 0.15) is 31.7 Å². The molecule has 3 nitrogen and oxygen atoms in total. The third kappa shape index (κ3) is 3.16. The average Bonchev–Trinajstić information content (AvgIpc) is 3.16. The Labute approximate surface area is 113 Å². The van der Waals surface area contributed by atoms with Gasteiger partial charge in [-0.05, 0) is 37.0 Å². The minimum Gasteiger partial charge on any atom is -0.370 e. The SMILES string of the molecule is CCCNC(N)=NCC1(c2ccc(Cl)cc2)CC1. The predicted octanol–water partition coefficient (Wildman–Crippen LogP) is 2.69. The zero-order valence-corrected chi connectivity index (χ0v) is 11.5. The zero-order chi connectivity index (χ0) is 13.0. The first kappa shape index (κ1) is 13.2. The van der Waals surface area contributed by atoms with Crippen molar-refractivity contribution in [3.63, 3.8) is 0 Å². The van der Waals surface area contributed by atoms with E-state index in [4.69, 9.17) is 17.3 Å². The first-order valence-electron chi connectivity index (χ1n) is 6.46. The van der Waals surface area contributed by atoms with E-state index in [1.165, 1.54) is 18.4 Å². The highest BCUT2D eigenvalue weighted by molar-refractivity contribution is 6.30. The van der Waals surface area contributed by atoms with Crippen LogP contribution >= 0.6 is 11.6 Å². The van der Waals surface area contributed by atoms with Crippen molar-refractivity contribution in [2.75, 3.05) is 13.1 Å². The second kappa shape index (κ2) is 5.61. The van der Waals surface area contributed by atoms with Crippen LogP contribution in [0.5, 0.6) is 0 Å². The zero-order valence-electron chi connectivity index (χ0n) is 10.7. The summed E-state index contributed by atoms with van der Waals surface area (Å²) < 4.78 is 0. The number of aliphatic imine (C=N–C) groups is 1. The van der Waals surface area contributed by atoms with Crippen molar-refractivity contribution in [1.29, 1.82) is 0 Å². The number of benzene rings is 1. The lowest BCUT2D eigenvalue weighted by atomic mass is 9.96. The summed E-state index contributed by atoms with van der Waals surface area (Å²) in [6.45, 7) is 3.75. The predicted molar refractivity (Wildman–Crippen MR) is 77.1 cm³/mol. The fraction of sp³-hybridized carbons (Fsp3) is 0.500. The summed E-state index contributed by atoms with van der Waals surface area (Å²) in [5, 5.41) is 3.88. The Hall–Kier alpha value is -1.22. The fourth-order valence-corrected chi connectivity index (χ4v) is 2.16. The van der Waals surface area contributed by atoms with Crippen molar-refractivity contribution in [3.8, 4) is 0 Å². The van der Waals surface area contributed by atoms with Crippen LogP contribution in [-0.4, -0.2) is 19.0 Å². The smallest absolute Gasteiger partial charge is 0.188 e. The molecule has 0 radical (unpaired) electrons. The maximum atomic E-state index is 5.91. The van der Waals surface area contributed by atoms with Crippen molar-refractivity contribution in [2.24, 2.45) is 10.7 Å². The van der Waals surface area contributed by atoms with E-state index in [1.807, 2.05) is 12.1 Å². The van der Waals surface area contributed by atoms with Gasteiger partial charge in [0.1, 0.15) is 0 Å². The lowest BCUT2D eigenvalue weighted by molar-refractivity contribution is 0.699. The molecule has 2 rings (SSSR count). The summed E-state index contributed by atoms with van der Waals surface area (Å²) in [4.78, 5) is 4.44. The number of nitrogens with zero attached hydrogens (tertiary/aromatic N) is 1. The summed E-state index contributed by atoms with van der Waals surface area (Å²) in [6.07, 6.45) is 3.41. The topological polar surface area (TPSA) is 50.4 Å². The Balaban J connectivity index is 1.98. The Morgan fingerprint density at radius 1 is 1.39 bits per heavy atom. The van der Waals surface area contributed by atoms with Gasteiger partial charge in [-0.3, -0.25) is 4.99 Å². The quantitative estimate of drug-likeness (QED) is 0.635. The number of hydrogen-bond donors (Lipinski definition) is 2. The first-order chi connectivity index (χ1) is 8.66. The Morgan fingerprint density at radius 2 is 2.06 bits per heavy atom. The molecular weight excluding hydrogens is 246 g/mol. The van der Waals surface area contributed by atoms with E-state index in [0.717, 1.165) is 24.5 Å². The van der Waals surface area contributed by atoms with Gasteiger partial charge < -0.3 is 11.1 Å². The summed E-state index contributed by atoms with van der Waals surface area (Å²) in [5.41, 5.74) is 7.33. The third-order valence-electron chi connectivity index (χ3n) is 3.42. The summed E-state index contributed by atoms with van der Waals surface area (Å²) in [6, 6.07) is 8.08. The Bertz CT molecular complexity index is 421. The molecule has 3 N–H and O–H groups in total. The standard InChI is InChI=1S/C14H20ClN3/c1-2-9-17-13(16)18-10-14(7-8-14)11-3-5-12(15)6-4-11/h3-6H,2,7-10H2,1H3,(H3,16,17,18). The molecule has 0 unspecified atom stereocenters. The number of halogens is 1. The van der Waals surface area contributed by atoms with Gasteiger partial charge in [0, 0.05) is 17.0 Å². The summed E-state index contributed by atoms with van der Waals surface area (Å²) in [5.74, 6) is 0.553. The van der Waals surface area contributed by atoms with Crippen molar-refractivity contribution >= 4 is 17.6 Å². The molecule has 18 heavy (non-hydrogen) atoms. The molecule has 4 heteroatoms. The van der Waals surface area contributed by atoms with E-state index in [9.17, 15) is 0 Å². The van der Waals surface area contributed by atoms with Gasteiger partial charge in [-0.25, -0.2) is 0 Å². The van der Waals surface area contributed by atoms with Crippen LogP contribution in [-0.2, 0) is 5.41 Å². The molecule has 0 amide bonds.